The van der Waals surface area contributed by atoms with Crippen LogP contribution in [0.2, 0.25) is 5.02 Å². The number of rotatable bonds is 3. The van der Waals surface area contributed by atoms with Crippen molar-refractivity contribution in [3.05, 3.63) is 50.9 Å². The molecule has 1 aliphatic rings. The van der Waals surface area contributed by atoms with Crippen LogP contribution in [0.4, 0.5) is 5.00 Å². The normalized spacial score (nSPS) is 16.1. The summed E-state index contributed by atoms with van der Waals surface area (Å²) in [6.07, 6.45) is 2.75. The topological polar surface area (TPSA) is 84.2 Å². The standard InChI is InChI=1S/C21H24ClN3O2S2/c1-21(2,3)12-6-9-14-15(10-12)29-19(16(14)17(23)26)25-20(28)24-18(27)11-4-7-13(22)8-5-11/h4-5,7-8,12H,6,9-10H2,1-3H3,(H2,23,26)(H2,24,25,27,28)/t12-/m0/s1. The van der Waals surface area contributed by atoms with Gasteiger partial charge in [-0.1, -0.05) is 32.4 Å². The fourth-order valence-electron chi connectivity index (χ4n) is 3.58. The molecule has 154 valence electrons. The number of benzene rings is 1. The monoisotopic (exact) mass is 449 g/mol. The van der Waals surface area contributed by atoms with E-state index >= 15 is 0 Å². The predicted molar refractivity (Wildman–Crippen MR) is 123 cm³/mol. The molecule has 2 aromatic rings. The first-order valence-corrected chi connectivity index (χ1v) is 11.0. The molecule has 1 aromatic heterocycles. The minimum Gasteiger partial charge on any atom is -0.365 e. The third kappa shape index (κ3) is 4.97. The van der Waals surface area contributed by atoms with Gasteiger partial charge in [0.05, 0.1) is 5.56 Å². The lowest BCUT2D eigenvalue weighted by Gasteiger charge is -2.33. The molecule has 29 heavy (non-hydrogen) atoms. The summed E-state index contributed by atoms with van der Waals surface area (Å²) in [7, 11) is 0. The molecule has 5 nitrogen and oxygen atoms in total. The third-order valence-corrected chi connectivity index (χ3v) is 6.92. The molecule has 4 N–H and O–H groups in total. The molecule has 1 heterocycles. The van der Waals surface area contributed by atoms with Gasteiger partial charge in [-0.3, -0.25) is 14.9 Å². The molecule has 1 aromatic carbocycles. The van der Waals surface area contributed by atoms with Crippen molar-refractivity contribution in [2.45, 2.75) is 40.0 Å². The van der Waals surface area contributed by atoms with Gasteiger partial charge in [0.2, 0.25) is 0 Å². The number of thiocarbonyl (C=S) groups is 1. The first-order valence-electron chi connectivity index (χ1n) is 9.38. The molecule has 1 aliphatic carbocycles. The fourth-order valence-corrected chi connectivity index (χ4v) is 5.31. The van der Waals surface area contributed by atoms with Gasteiger partial charge in [0.25, 0.3) is 11.8 Å². The number of fused-ring (bicyclic) bond motifs is 1. The first-order chi connectivity index (χ1) is 13.6. The summed E-state index contributed by atoms with van der Waals surface area (Å²) >= 11 is 12.6. The lowest BCUT2D eigenvalue weighted by molar-refractivity contribution is 0.0975. The predicted octanol–water partition coefficient (Wildman–Crippen LogP) is 4.78. The summed E-state index contributed by atoms with van der Waals surface area (Å²) < 4.78 is 0. The van der Waals surface area contributed by atoms with Crippen molar-refractivity contribution in [1.82, 2.24) is 5.32 Å². The summed E-state index contributed by atoms with van der Waals surface area (Å²) in [5.41, 5.74) is 7.80. The minimum absolute atomic E-state index is 0.124. The molecule has 0 fully saturated rings. The van der Waals surface area contributed by atoms with Gasteiger partial charge in [-0.2, -0.15) is 0 Å². The van der Waals surface area contributed by atoms with Gasteiger partial charge in [0.1, 0.15) is 5.00 Å². The zero-order chi connectivity index (χ0) is 21.3. The van der Waals surface area contributed by atoms with Crippen LogP contribution in [0.1, 0.15) is 58.3 Å². The van der Waals surface area contributed by atoms with E-state index in [1.54, 1.807) is 24.3 Å². The number of carbonyl (C=O) groups is 2. The summed E-state index contributed by atoms with van der Waals surface area (Å²) in [4.78, 5) is 25.7. The Balaban J connectivity index is 1.77. The molecule has 2 amide bonds. The molecule has 0 unspecified atom stereocenters. The van der Waals surface area contributed by atoms with Crippen molar-refractivity contribution in [3.8, 4) is 0 Å². The molecule has 0 radical (unpaired) electrons. The quantitative estimate of drug-likeness (QED) is 0.589. The van der Waals surface area contributed by atoms with Crippen LogP contribution in [-0.2, 0) is 12.8 Å². The van der Waals surface area contributed by atoms with Gasteiger partial charge in [-0.05, 0) is 72.6 Å². The third-order valence-electron chi connectivity index (χ3n) is 5.30. The highest BCUT2D eigenvalue weighted by Gasteiger charge is 2.33. The highest BCUT2D eigenvalue weighted by atomic mass is 35.5. The van der Waals surface area contributed by atoms with Crippen LogP contribution < -0.4 is 16.4 Å². The van der Waals surface area contributed by atoms with E-state index in [4.69, 9.17) is 29.6 Å². The average molecular weight is 450 g/mol. The van der Waals surface area contributed by atoms with E-state index < -0.39 is 5.91 Å². The molecule has 1 atom stereocenters. The van der Waals surface area contributed by atoms with Crippen molar-refractivity contribution in [3.63, 3.8) is 0 Å². The van der Waals surface area contributed by atoms with E-state index in [0.717, 1.165) is 24.8 Å². The average Bonchev–Trinajstić information content (AvgIpc) is 2.98. The van der Waals surface area contributed by atoms with E-state index in [1.807, 2.05) is 0 Å². The van der Waals surface area contributed by atoms with Crippen LogP contribution in [0.5, 0.6) is 0 Å². The van der Waals surface area contributed by atoms with E-state index in [2.05, 4.69) is 31.4 Å². The molecule has 0 bridgehead atoms. The molecule has 0 saturated carbocycles. The Morgan fingerprint density at radius 1 is 1.24 bits per heavy atom. The molecule has 8 heteroatoms. The lowest BCUT2D eigenvalue weighted by atomic mass is 9.72. The Kier molecular flexibility index (Phi) is 6.31. The van der Waals surface area contributed by atoms with Crippen molar-refractivity contribution >= 4 is 57.1 Å². The van der Waals surface area contributed by atoms with Gasteiger partial charge >= 0.3 is 0 Å². The Morgan fingerprint density at radius 3 is 2.48 bits per heavy atom. The number of hydrogen-bond donors (Lipinski definition) is 3. The maximum atomic E-state index is 12.4. The van der Waals surface area contributed by atoms with Crippen LogP contribution >= 0.6 is 35.2 Å². The number of anilines is 1. The van der Waals surface area contributed by atoms with Crippen molar-refractivity contribution in [1.29, 1.82) is 0 Å². The largest absolute Gasteiger partial charge is 0.365 e. The zero-order valence-electron chi connectivity index (χ0n) is 16.6. The van der Waals surface area contributed by atoms with Gasteiger partial charge in [-0.25, -0.2) is 0 Å². The Bertz CT molecular complexity index is 962. The molecule has 0 saturated heterocycles. The first kappa shape index (κ1) is 21.7. The zero-order valence-corrected chi connectivity index (χ0v) is 19.0. The number of amides is 2. The summed E-state index contributed by atoms with van der Waals surface area (Å²) in [6.45, 7) is 6.73. The number of primary amides is 1. The smallest absolute Gasteiger partial charge is 0.257 e. The Labute approximate surface area is 185 Å². The van der Waals surface area contributed by atoms with Gasteiger partial charge in [0, 0.05) is 15.5 Å². The van der Waals surface area contributed by atoms with Gasteiger partial charge in [0.15, 0.2) is 5.11 Å². The van der Waals surface area contributed by atoms with Crippen LogP contribution in [0.3, 0.4) is 0 Å². The minimum atomic E-state index is -0.481. The van der Waals surface area contributed by atoms with Crippen molar-refractivity contribution < 1.29 is 9.59 Å². The molecular formula is C21H24ClN3O2S2. The van der Waals surface area contributed by atoms with Crippen LogP contribution in [0.25, 0.3) is 0 Å². The summed E-state index contributed by atoms with van der Waals surface area (Å²) in [5.74, 6) is -0.293. The Morgan fingerprint density at radius 2 is 1.90 bits per heavy atom. The highest BCUT2D eigenvalue weighted by molar-refractivity contribution is 7.80. The highest BCUT2D eigenvalue weighted by Crippen LogP contribution is 2.44. The second kappa shape index (κ2) is 8.42. The maximum Gasteiger partial charge on any atom is 0.257 e. The maximum absolute atomic E-state index is 12.4. The second-order valence-electron chi connectivity index (χ2n) is 8.29. The Hall–Kier alpha value is -1.96. The number of halogens is 1. The lowest BCUT2D eigenvalue weighted by Crippen LogP contribution is -2.34. The second-order valence-corrected chi connectivity index (χ2v) is 10.2. The van der Waals surface area contributed by atoms with Crippen LogP contribution in [-0.4, -0.2) is 16.9 Å². The molecule has 3 rings (SSSR count). The van der Waals surface area contributed by atoms with Crippen molar-refractivity contribution in [2.24, 2.45) is 17.1 Å². The van der Waals surface area contributed by atoms with Crippen molar-refractivity contribution in [2.75, 3.05) is 5.32 Å². The number of nitrogens with one attached hydrogen (secondary N) is 2. The molecule has 0 aliphatic heterocycles. The van der Waals surface area contributed by atoms with E-state index in [9.17, 15) is 9.59 Å². The molecular weight excluding hydrogens is 426 g/mol. The molecule has 0 spiro atoms. The summed E-state index contributed by atoms with van der Waals surface area (Å²) in [6, 6.07) is 6.51. The summed E-state index contributed by atoms with van der Waals surface area (Å²) in [5, 5.41) is 6.91. The fraction of sp³-hybridized carbons (Fsp3) is 0.381. The van der Waals surface area contributed by atoms with Crippen LogP contribution in [0, 0.1) is 11.3 Å². The van der Waals surface area contributed by atoms with Gasteiger partial charge < -0.3 is 11.1 Å². The number of thiophene rings is 1. The van der Waals surface area contributed by atoms with E-state index in [-0.39, 0.29) is 16.4 Å². The van der Waals surface area contributed by atoms with Crippen LogP contribution in [0.15, 0.2) is 24.3 Å². The number of hydrogen-bond acceptors (Lipinski definition) is 4. The number of nitrogens with two attached hydrogens (primary N) is 1. The SMILES string of the molecule is CC(C)(C)[C@H]1CCc2c(sc(NC(=S)NC(=O)c3ccc(Cl)cc3)c2C(N)=O)C1. The van der Waals surface area contributed by atoms with E-state index in [0.29, 0.717) is 27.1 Å². The number of carbonyl (C=O) groups excluding carboxylic acids is 2. The van der Waals surface area contributed by atoms with Gasteiger partial charge in [-0.15, -0.1) is 11.3 Å². The van der Waals surface area contributed by atoms with E-state index in [1.165, 1.54) is 16.2 Å².